The molecule has 0 spiro atoms. The molecular formula is C18H25N3O2. The maximum absolute atomic E-state index is 12.6. The van der Waals surface area contributed by atoms with E-state index in [1.165, 1.54) is 0 Å². The highest BCUT2D eigenvalue weighted by molar-refractivity contribution is 5.96. The van der Waals surface area contributed by atoms with Crippen molar-refractivity contribution in [1.82, 2.24) is 4.90 Å². The average molecular weight is 315 g/mol. The van der Waals surface area contributed by atoms with E-state index < -0.39 is 0 Å². The standard InChI is InChI=1S/C18H25N3O2/c1-11(2)17(22)20-14-6-3-12(4-7-14)18(23)21-9-13-5-8-16(19)15(13)10-21/h3-4,6-7,11,13,15-16H,5,8-10,19H2,1-2H3,(H,20,22). The fourth-order valence-corrected chi connectivity index (χ4v) is 3.64. The van der Waals surface area contributed by atoms with Crippen LogP contribution < -0.4 is 11.1 Å². The fraction of sp³-hybridized carbons (Fsp3) is 0.556. The molecule has 2 fully saturated rings. The van der Waals surface area contributed by atoms with Gasteiger partial charge >= 0.3 is 0 Å². The first-order valence-corrected chi connectivity index (χ1v) is 8.41. The number of nitrogens with two attached hydrogens (primary N) is 1. The third-order valence-electron chi connectivity index (χ3n) is 5.12. The zero-order valence-corrected chi connectivity index (χ0v) is 13.8. The lowest BCUT2D eigenvalue weighted by Crippen LogP contribution is -2.33. The number of anilines is 1. The third-order valence-corrected chi connectivity index (χ3v) is 5.12. The molecule has 3 atom stereocenters. The Morgan fingerprint density at radius 3 is 2.48 bits per heavy atom. The van der Waals surface area contributed by atoms with E-state index in [1.807, 2.05) is 18.7 Å². The quantitative estimate of drug-likeness (QED) is 0.897. The average Bonchev–Trinajstić information content (AvgIpc) is 3.10. The van der Waals surface area contributed by atoms with Gasteiger partial charge in [-0.15, -0.1) is 0 Å². The zero-order chi connectivity index (χ0) is 16.6. The summed E-state index contributed by atoms with van der Waals surface area (Å²) in [6.45, 7) is 5.30. The van der Waals surface area contributed by atoms with Gasteiger partial charge in [0.15, 0.2) is 0 Å². The molecule has 3 N–H and O–H groups in total. The molecule has 2 amide bonds. The summed E-state index contributed by atoms with van der Waals surface area (Å²) >= 11 is 0. The maximum atomic E-state index is 12.6. The van der Waals surface area contributed by atoms with Gasteiger partial charge in [0.05, 0.1) is 0 Å². The van der Waals surface area contributed by atoms with Crippen molar-refractivity contribution in [2.24, 2.45) is 23.5 Å². The number of rotatable bonds is 3. The number of carbonyl (C=O) groups excluding carboxylic acids is 2. The minimum atomic E-state index is -0.0653. The van der Waals surface area contributed by atoms with E-state index in [0.29, 0.717) is 17.4 Å². The lowest BCUT2D eigenvalue weighted by Gasteiger charge is -2.19. The highest BCUT2D eigenvalue weighted by Crippen LogP contribution is 2.37. The monoisotopic (exact) mass is 315 g/mol. The molecular weight excluding hydrogens is 290 g/mol. The van der Waals surface area contributed by atoms with Crippen molar-refractivity contribution in [3.63, 3.8) is 0 Å². The van der Waals surface area contributed by atoms with Crippen LogP contribution in [-0.4, -0.2) is 35.8 Å². The van der Waals surface area contributed by atoms with Crippen LogP contribution in [0.5, 0.6) is 0 Å². The molecule has 2 aliphatic rings. The molecule has 1 aliphatic carbocycles. The molecule has 0 aromatic heterocycles. The summed E-state index contributed by atoms with van der Waals surface area (Å²) < 4.78 is 0. The molecule has 0 bridgehead atoms. The minimum absolute atomic E-state index is 0.0227. The highest BCUT2D eigenvalue weighted by Gasteiger charge is 2.42. The maximum Gasteiger partial charge on any atom is 0.253 e. The van der Waals surface area contributed by atoms with E-state index in [2.05, 4.69) is 5.32 Å². The molecule has 1 aliphatic heterocycles. The SMILES string of the molecule is CC(C)C(=O)Nc1ccc(C(=O)N2CC3CCC(N)C3C2)cc1. The van der Waals surface area contributed by atoms with Gasteiger partial charge in [0, 0.05) is 36.3 Å². The minimum Gasteiger partial charge on any atom is -0.338 e. The Balaban J connectivity index is 1.63. The first-order valence-electron chi connectivity index (χ1n) is 8.41. The molecule has 5 heteroatoms. The molecule has 1 heterocycles. The van der Waals surface area contributed by atoms with Crippen LogP contribution in [0.15, 0.2) is 24.3 Å². The summed E-state index contributed by atoms with van der Waals surface area (Å²) in [4.78, 5) is 26.2. The van der Waals surface area contributed by atoms with Crippen molar-refractivity contribution in [2.75, 3.05) is 18.4 Å². The lowest BCUT2D eigenvalue weighted by molar-refractivity contribution is -0.118. The van der Waals surface area contributed by atoms with Crippen molar-refractivity contribution >= 4 is 17.5 Å². The number of carbonyl (C=O) groups is 2. The Morgan fingerprint density at radius 1 is 1.17 bits per heavy atom. The van der Waals surface area contributed by atoms with Crippen LogP contribution in [0.1, 0.15) is 37.0 Å². The second-order valence-corrected chi connectivity index (χ2v) is 7.10. The molecule has 0 radical (unpaired) electrons. The van der Waals surface area contributed by atoms with Crippen LogP contribution in [0.3, 0.4) is 0 Å². The summed E-state index contributed by atoms with van der Waals surface area (Å²) in [5.74, 6) is 1.01. The predicted molar refractivity (Wildman–Crippen MR) is 90.0 cm³/mol. The summed E-state index contributed by atoms with van der Waals surface area (Å²) in [7, 11) is 0. The highest BCUT2D eigenvalue weighted by atomic mass is 16.2. The molecule has 23 heavy (non-hydrogen) atoms. The molecule has 124 valence electrons. The Kier molecular flexibility index (Phi) is 4.39. The van der Waals surface area contributed by atoms with Crippen molar-refractivity contribution in [3.8, 4) is 0 Å². The topological polar surface area (TPSA) is 75.4 Å². The van der Waals surface area contributed by atoms with Gasteiger partial charge < -0.3 is 16.0 Å². The molecule has 1 saturated heterocycles. The second-order valence-electron chi connectivity index (χ2n) is 7.10. The van der Waals surface area contributed by atoms with Crippen LogP contribution in [0.2, 0.25) is 0 Å². The number of amides is 2. The van der Waals surface area contributed by atoms with Crippen LogP contribution in [-0.2, 0) is 4.79 Å². The van der Waals surface area contributed by atoms with E-state index in [1.54, 1.807) is 24.3 Å². The Labute approximate surface area is 137 Å². The number of fused-ring (bicyclic) bond motifs is 1. The van der Waals surface area contributed by atoms with Crippen LogP contribution in [0.25, 0.3) is 0 Å². The van der Waals surface area contributed by atoms with Gasteiger partial charge in [-0.25, -0.2) is 0 Å². The van der Waals surface area contributed by atoms with Crippen molar-refractivity contribution in [3.05, 3.63) is 29.8 Å². The van der Waals surface area contributed by atoms with Gasteiger partial charge in [0.2, 0.25) is 5.91 Å². The number of nitrogens with zero attached hydrogens (tertiary/aromatic N) is 1. The Morgan fingerprint density at radius 2 is 1.87 bits per heavy atom. The summed E-state index contributed by atoms with van der Waals surface area (Å²) in [6, 6.07) is 7.39. The van der Waals surface area contributed by atoms with Gasteiger partial charge in [0.1, 0.15) is 0 Å². The summed E-state index contributed by atoms with van der Waals surface area (Å²) in [6.07, 6.45) is 2.22. The third kappa shape index (κ3) is 3.24. The van der Waals surface area contributed by atoms with Gasteiger partial charge in [0.25, 0.3) is 5.91 Å². The summed E-state index contributed by atoms with van der Waals surface area (Å²) in [5.41, 5.74) is 7.52. The van der Waals surface area contributed by atoms with Gasteiger partial charge in [-0.3, -0.25) is 9.59 Å². The number of benzene rings is 1. The zero-order valence-electron chi connectivity index (χ0n) is 13.8. The van der Waals surface area contributed by atoms with Crippen molar-refractivity contribution < 1.29 is 9.59 Å². The van der Waals surface area contributed by atoms with Gasteiger partial charge in [-0.1, -0.05) is 13.8 Å². The lowest BCUT2D eigenvalue weighted by atomic mass is 9.98. The van der Waals surface area contributed by atoms with Gasteiger partial charge in [-0.2, -0.15) is 0 Å². The molecule has 3 rings (SSSR count). The van der Waals surface area contributed by atoms with Crippen molar-refractivity contribution in [2.45, 2.75) is 32.7 Å². The Hall–Kier alpha value is -1.88. The molecule has 1 saturated carbocycles. The first-order chi connectivity index (χ1) is 11.0. The van der Waals surface area contributed by atoms with E-state index in [-0.39, 0.29) is 23.8 Å². The van der Waals surface area contributed by atoms with Gasteiger partial charge in [-0.05, 0) is 48.9 Å². The largest absolute Gasteiger partial charge is 0.338 e. The smallest absolute Gasteiger partial charge is 0.253 e. The van der Waals surface area contributed by atoms with Crippen molar-refractivity contribution in [1.29, 1.82) is 0 Å². The Bertz CT molecular complexity index is 597. The second kappa shape index (κ2) is 6.32. The van der Waals surface area contributed by atoms with Crippen LogP contribution in [0, 0.1) is 17.8 Å². The van der Waals surface area contributed by atoms with E-state index in [4.69, 9.17) is 5.73 Å². The number of likely N-dealkylation sites (tertiary alicyclic amines) is 1. The predicted octanol–water partition coefficient (Wildman–Crippen LogP) is 2.09. The first kappa shape index (κ1) is 16.0. The molecule has 1 aromatic carbocycles. The normalized spacial score (nSPS) is 26.4. The van der Waals surface area contributed by atoms with Crippen LogP contribution in [0.4, 0.5) is 5.69 Å². The number of nitrogens with one attached hydrogen (secondary N) is 1. The fourth-order valence-electron chi connectivity index (χ4n) is 3.64. The van der Waals surface area contributed by atoms with E-state index in [9.17, 15) is 9.59 Å². The van der Waals surface area contributed by atoms with Crippen LogP contribution >= 0.6 is 0 Å². The number of hydrogen-bond acceptors (Lipinski definition) is 3. The summed E-state index contributed by atoms with van der Waals surface area (Å²) in [5, 5.41) is 2.83. The van der Waals surface area contributed by atoms with E-state index in [0.717, 1.165) is 31.6 Å². The molecule has 3 unspecified atom stereocenters. The molecule has 1 aromatic rings. The van der Waals surface area contributed by atoms with E-state index >= 15 is 0 Å². The number of hydrogen-bond donors (Lipinski definition) is 2. The molecule has 5 nitrogen and oxygen atoms in total.